The van der Waals surface area contributed by atoms with Gasteiger partial charge >= 0.3 is 0 Å². The fraction of sp³-hybridized carbons (Fsp3) is 0.222. The first kappa shape index (κ1) is 9.92. The first-order chi connectivity index (χ1) is 7.16. The van der Waals surface area contributed by atoms with Crippen LogP contribution in [0, 0.1) is 0 Å². The number of nitrogens with zero attached hydrogens (tertiary/aromatic N) is 3. The van der Waals surface area contributed by atoms with Crippen LogP contribution < -0.4 is 5.32 Å². The van der Waals surface area contributed by atoms with Gasteiger partial charge in [-0.2, -0.15) is 0 Å². The number of rotatable bonds is 2. The second-order valence-electron chi connectivity index (χ2n) is 3.12. The van der Waals surface area contributed by atoms with E-state index in [4.69, 9.17) is 11.6 Å². The van der Waals surface area contributed by atoms with E-state index in [2.05, 4.69) is 15.5 Å². The van der Waals surface area contributed by atoms with E-state index in [0.29, 0.717) is 5.69 Å². The Morgan fingerprint density at radius 3 is 3.13 bits per heavy atom. The molecule has 78 valence electrons. The highest BCUT2D eigenvalue weighted by atomic mass is 35.5. The Bertz CT molecular complexity index is 494. The van der Waals surface area contributed by atoms with Crippen molar-refractivity contribution in [2.45, 2.75) is 12.3 Å². The molecule has 2 aromatic rings. The highest BCUT2D eigenvalue weighted by Crippen LogP contribution is 2.10. The van der Waals surface area contributed by atoms with Gasteiger partial charge in [0.25, 0.3) is 0 Å². The van der Waals surface area contributed by atoms with Crippen molar-refractivity contribution in [2.75, 3.05) is 5.32 Å². The third-order valence-corrected chi connectivity index (χ3v) is 2.12. The van der Waals surface area contributed by atoms with Crippen LogP contribution in [0.2, 0.25) is 0 Å². The van der Waals surface area contributed by atoms with E-state index in [1.54, 1.807) is 36.0 Å². The van der Waals surface area contributed by atoms with Crippen LogP contribution in [0.5, 0.6) is 0 Å². The predicted molar refractivity (Wildman–Crippen MR) is 56.9 cm³/mol. The van der Waals surface area contributed by atoms with Gasteiger partial charge in [-0.3, -0.25) is 9.20 Å². The Morgan fingerprint density at radius 2 is 2.40 bits per heavy atom. The Balaban J connectivity index is 2.25. The normalized spacial score (nSPS) is 12.7. The maximum absolute atomic E-state index is 11.3. The van der Waals surface area contributed by atoms with E-state index in [-0.39, 0.29) is 5.91 Å². The summed E-state index contributed by atoms with van der Waals surface area (Å²) in [6, 6.07) is 3.52. The lowest BCUT2D eigenvalue weighted by Crippen LogP contribution is -2.20. The van der Waals surface area contributed by atoms with Crippen molar-refractivity contribution in [1.82, 2.24) is 14.6 Å². The van der Waals surface area contributed by atoms with Crippen LogP contribution in [0.15, 0.2) is 24.7 Å². The number of amides is 1. The molecule has 0 fully saturated rings. The van der Waals surface area contributed by atoms with Gasteiger partial charge in [0.05, 0.1) is 5.69 Å². The molecular weight excluding hydrogens is 216 g/mol. The summed E-state index contributed by atoms with van der Waals surface area (Å²) in [7, 11) is 0. The van der Waals surface area contributed by atoms with Crippen molar-refractivity contribution in [3.63, 3.8) is 0 Å². The Hall–Kier alpha value is -1.62. The van der Waals surface area contributed by atoms with E-state index in [1.165, 1.54) is 0 Å². The SMILES string of the molecule is CC(Cl)C(=O)Nc1ccc2nncn2c1. The van der Waals surface area contributed by atoms with Crippen LogP contribution in [0.1, 0.15) is 6.92 Å². The molecule has 1 N–H and O–H groups in total. The van der Waals surface area contributed by atoms with Crippen molar-refractivity contribution >= 4 is 28.8 Å². The molecular formula is C9H9ClN4O. The van der Waals surface area contributed by atoms with Gasteiger partial charge in [0.2, 0.25) is 5.91 Å². The van der Waals surface area contributed by atoms with E-state index >= 15 is 0 Å². The number of hydrogen-bond acceptors (Lipinski definition) is 3. The summed E-state index contributed by atoms with van der Waals surface area (Å²) in [5.41, 5.74) is 1.40. The first-order valence-corrected chi connectivity index (χ1v) is 4.85. The Kier molecular flexibility index (Phi) is 2.55. The molecule has 0 saturated carbocycles. The van der Waals surface area contributed by atoms with Gasteiger partial charge in [0.1, 0.15) is 11.7 Å². The monoisotopic (exact) mass is 224 g/mol. The maximum atomic E-state index is 11.3. The molecule has 15 heavy (non-hydrogen) atoms. The third-order valence-electron chi connectivity index (χ3n) is 1.92. The zero-order chi connectivity index (χ0) is 10.8. The number of fused-ring (bicyclic) bond motifs is 1. The summed E-state index contributed by atoms with van der Waals surface area (Å²) in [6.45, 7) is 1.62. The number of carbonyl (C=O) groups is 1. The van der Waals surface area contributed by atoms with Crippen LogP contribution in [-0.4, -0.2) is 25.9 Å². The average Bonchev–Trinajstić information content (AvgIpc) is 2.64. The molecule has 1 atom stereocenters. The second-order valence-corrected chi connectivity index (χ2v) is 3.77. The molecule has 0 spiro atoms. The lowest BCUT2D eigenvalue weighted by molar-refractivity contribution is -0.115. The average molecular weight is 225 g/mol. The lowest BCUT2D eigenvalue weighted by Gasteiger charge is -2.06. The van der Waals surface area contributed by atoms with Gasteiger partial charge in [-0.25, -0.2) is 0 Å². The Morgan fingerprint density at radius 1 is 1.60 bits per heavy atom. The van der Waals surface area contributed by atoms with Crippen LogP contribution in [-0.2, 0) is 4.79 Å². The minimum Gasteiger partial charge on any atom is -0.323 e. The molecule has 1 amide bonds. The molecule has 0 aliphatic heterocycles. The molecule has 2 heterocycles. The molecule has 0 aromatic carbocycles. The number of pyridine rings is 1. The van der Waals surface area contributed by atoms with Gasteiger partial charge < -0.3 is 5.32 Å². The molecule has 6 heteroatoms. The van der Waals surface area contributed by atoms with Crippen molar-refractivity contribution in [1.29, 1.82) is 0 Å². The number of aromatic nitrogens is 3. The topological polar surface area (TPSA) is 59.3 Å². The largest absolute Gasteiger partial charge is 0.323 e. The number of carbonyl (C=O) groups excluding carboxylic acids is 1. The highest BCUT2D eigenvalue weighted by Gasteiger charge is 2.09. The number of anilines is 1. The number of halogens is 1. The van der Waals surface area contributed by atoms with E-state index < -0.39 is 5.38 Å². The van der Waals surface area contributed by atoms with Crippen LogP contribution in [0.4, 0.5) is 5.69 Å². The van der Waals surface area contributed by atoms with E-state index in [1.807, 2.05) is 0 Å². The fourth-order valence-corrected chi connectivity index (χ4v) is 1.20. The van der Waals surface area contributed by atoms with Gasteiger partial charge in [-0.1, -0.05) is 0 Å². The molecule has 0 bridgehead atoms. The quantitative estimate of drug-likeness (QED) is 0.783. The van der Waals surface area contributed by atoms with Gasteiger partial charge in [0, 0.05) is 6.20 Å². The lowest BCUT2D eigenvalue weighted by atomic mass is 10.3. The highest BCUT2D eigenvalue weighted by molar-refractivity contribution is 6.32. The molecule has 0 aliphatic rings. The van der Waals surface area contributed by atoms with Crippen molar-refractivity contribution in [3.05, 3.63) is 24.7 Å². The summed E-state index contributed by atoms with van der Waals surface area (Å²) >= 11 is 5.63. The number of nitrogens with one attached hydrogen (secondary N) is 1. The van der Waals surface area contributed by atoms with E-state index in [0.717, 1.165) is 5.65 Å². The second kappa shape index (κ2) is 3.86. The predicted octanol–water partition coefficient (Wildman–Crippen LogP) is 1.30. The minimum absolute atomic E-state index is 0.232. The molecule has 5 nitrogen and oxygen atoms in total. The maximum Gasteiger partial charge on any atom is 0.242 e. The molecule has 1 unspecified atom stereocenters. The first-order valence-electron chi connectivity index (χ1n) is 4.41. The summed E-state index contributed by atoms with van der Waals surface area (Å²) in [5, 5.41) is 9.70. The molecule has 0 aliphatic carbocycles. The zero-order valence-corrected chi connectivity index (χ0v) is 8.77. The summed E-state index contributed by atoms with van der Waals surface area (Å²) in [5.74, 6) is -0.232. The molecule has 0 saturated heterocycles. The van der Waals surface area contributed by atoms with Crippen molar-refractivity contribution in [2.24, 2.45) is 0 Å². The standard InChI is InChI=1S/C9H9ClN4O/c1-6(10)9(15)12-7-2-3-8-13-11-5-14(8)4-7/h2-6H,1H3,(H,12,15). The molecule has 2 aromatic heterocycles. The fourth-order valence-electron chi connectivity index (χ4n) is 1.14. The molecule has 0 radical (unpaired) electrons. The minimum atomic E-state index is -0.554. The summed E-state index contributed by atoms with van der Waals surface area (Å²) in [4.78, 5) is 11.3. The molecule has 2 rings (SSSR count). The zero-order valence-electron chi connectivity index (χ0n) is 8.01. The van der Waals surface area contributed by atoms with E-state index in [9.17, 15) is 4.79 Å². The van der Waals surface area contributed by atoms with Crippen LogP contribution in [0.25, 0.3) is 5.65 Å². The third kappa shape index (κ3) is 2.07. The van der Waals surface area contributed by atoms with Gasteiger partial charge in [-0.15, -0.1) is 21.8 Å². The van der Waals surface area contributed by atoms with Crippen LogP contribution in [0.3, 0.4) is 0 Å². The summed E-state index contributed by atoms with van der Waals surface area (Å²) < 4.78 is 1.72. The van der Waals surface area contributed by atoms with Gasteiger partial charge in [-0.05, 0) is 19.1 Å². The van der Waals surface area contributed by atoms with Crippen molar-refractivity contribution in [3.8, 4) is 0 Å². The Labute approximate surface area is 91.1 Å². The summed E-state index contributed by atoms with van der Waals surface area (Å²) in [6.07, 6.45) is 3.29. The number of hydrogen-bond donors (Lipinski definition) is 1. The van der Waals surface area contributed by atoms with Crippen LogP contribution >= 0.6 is 11.6 Å². The smallest absolute Gasteiger partial charge is 0.242 e. The van der Waals surface area contributed by atoms with Crippen molar-refractivity contribution < 1.29 is 4.79 Å². The van der Waals surface area contributed by atoms with Gasteiger partial charge in [0.15, 0.2) is 5.65 Å². The number of alkyl halides is 1.